The molecule has 4 aliphatic rings. The lowest BCUT2D eigenvalue weighted by atomic mass is 9.62. The van der Waals surface area contributed by atoms with Gasteiger partial charge in [0.2, 0.25) is 0 Å². The van der Waals surface area contributed by atoms with Crippen LogP contribution < -0.4 is 4.90 Å². The van der Waals surface area contributed by atoms with Crippen molar-refractivity contribution in [2.75, 3.05) is 18.0 Å². The number of hydrogen-bond donors (Lipinski definition) is 1. The van der Waals surface area contributed by atoms with Gasteiger partial charge in [-0.2, -0.15) is 0 Å². The molecule has 2 saturated heterocycles. The van der Waals surface area contributed by atoms with Crippen LogP contribution >= 0.6 is 0 Å². The molecule has 4 nitrogen and oxygen atoms in total. The van der Waals surface area contributed by atoms with Gasteiger partial charge in [-0.05, 0) is 56.5 Å². The molecule has 0 amide bonds. The van der Waals surface area contributed by atoms with E-state index in [2.05, 4.69) is 41.0 Å². The summed E-state index contributed by atoms with van der Waals surface area (Å²) in [6.07, 6.45) is 6.58. The molecule has 4 heterocycles. The summed E-state index contributed by atoms with van der Waals surface area (Å²) in [5.41, 5.74) is 3.01. The molecule has 0 bridgehead atoms. The fourth-order valence-electron chi connectivity index (χ4n) is 6.05. The summed E-state index contributed by atoms with van der Waals surface area (Å²) in [6, 6.07) is 9.19. The van der Waals surface area contributed by atoms with Crippen LogP contribution in [0.3, 0.4) is 0 Å². The lowest BCUT2D eigenvalue weighted by molar-refractivity contribution is -0.133. The third-order valence-electron chi connectivity index (χ3n) is 6.99. The minimum Gasteiger partial charge on any atom is -0.477 e. The summed E-state index contributed by atoms with van der Waals surface area (Å²) >= 11 is 0. The molecule has 0 radical (unpaired) electrons. The number of nitrogens with zero attached hydrogens (tertiary/aromatic N) is 2. The summed E-state index contributed by atoms with van der Waals surface area (Å²) in [5.74, 6) is -0.311. The van der Waals surface area contributed by atoms with Crippen molar-refractivity contribution in [3.05, 3.63) is 41.6 Å². The Balaban J connectivity index is 1.76. The second kappa shape index (κ2) is 4.85. The van der Waals surface area contributed by atoms with Crippen LogP contribution in [-0.2, 0) is 4.79 Å². The second-order valence-electron chi connectivity index (χ2n) is 7.82. The maximum atomic E-state index is 12.1. The van der Waals surface area contributed by atoms with Crippen molar-refractivity contribution in [3.63, 3.8) is 0 Å². The molecule has 1 aromatic rings. The van der Waals surface area contributed by atoms with Crippen molar-refractivity contribution in [3.8, 4) is 0 Å². The van der Waals surface area contributed by atoms with Crippen LogP contribution in [0.25, 0.3) is 0 Å². The Morgan fingerprint density at radius 3 is 2.96 bits per heavy atom. The summed E-state index contributed by atoms with van der Waals surface area (Å²) in [7, 11) is 0. The highest BCUT2D eigenvalue weighted by molar-refractivity contribution is 5.93. The third kappa shape index (κ3) is 1.65. The molecule has 0 aromatic heterocycles. The number of fused-ring (bicyclic) bond motifs is 3. The fraction of sp³-hybridized carbons (Fsp3) is 0.550. The molecule has 4 aliphatic heterocycles. The van der Waals surface area contributed by atoms with Crippen LogP contribution in [0.15, 0.2) is 36.0 Å². The minimum absolute atomic E-state index is 0.0217. The number of carboxylic acids is 1. The summed E-state index contributed by atoms with van der Waals surface area (Å²) in [4.78, 5) is 16.9. The van der Waals surface area contributed by atoms with Gasteiger partial charge in [0.15, 0.2) is 0 Å². The molecular weight excluding hydrogens is 300 g/mol. The number of rotatable bonds is 2. The number of aliphatic carboxylic acids is 1. The van der Waals surface area contributed by atoms with Gasteiger partial charge in [-0.3, -0.25) is 4.90 Å². The van der Waals surface area contributed by atoms with E-state index in [0.717, 1.165) is 38.0 Å². The van der Waals surface area contributed by atoms with E-state index in [1.165, 1.54) is 12.0 Å². The Bertz CT molecular complexity index is 743. The maximum Gasteiger partial charge on any atom is 0.352 e. The van der Waals surface area contributed by atoms with E-state index < -0.39 is 5.97 Å². The first-order valence-corrected chi connectivity index (χ1v) is 9.24. The number of piperidine rings is 2. The lowest BCUT2D eigenvalue weighted by Crippen LogP contribution is -2.67. The normalized spacial score (nSPS) is 36.8. The van der Waals surface area contributed by atoms with Gasteiger partial charge in [-0.1, -0.05) is 25.1 Å². The van der Waals surface area contributed by atoms with Gasteiger partial charge in [0.25, 0.3) is 0 Å². The number of anilines is 1. The fourth-order valence-corrected chi connectivity index (χ4v) is 6.05. The molecule has 1 aromatic carbocycles. The first kappa shape index (κ1) is 14.5. The van der Waals surface area contributed by atoms with Crippen molar-refractivity contribution in [1.29, 1.82) is 0 Å². The first-order valence-electron chi connectivity index (χ1n) is 9.24. The van der Waals surface area contributed by atoms with Gasteiger partial charge < -0.3 is 10.0 Å². The standard InChI is InChI=1S/C20H24N2O2/c1-2-20-9-5-10-21-11-8-14-13-6-3-4-7-15(13)22(17(14)18(20)21)16(12-20)19(23)24/h3-4,6-7,12,14,17-18H,2,5,8-11H2,1H3,(H,23,24). The predicted molar refractivity (Wildman–Crippen MR) is 93.1 cm³/mol. The average Bonchev–Trinajstić information content (AvgIpc) is 2.95. The second-order valence-corrected chi connectivity index (χ2v) is 7.82. The number of para-hydroxylation sites is 1. The number of hydrogen-bond acceptors (Lipinski definition) is 3. The molecule has 24 heavy (non-hydrogen) atoms. The van der Waals surface area contributed by atoms with Crippen LogP contribution in [0, 0.1) is 5.41 Å². The number of carbonyl (C=O) groups is 1. The van der Waals surface area contributed by atoms with E-state index in [-0.39, 0.29) is 11.5 Å². The smallest absolute Gasteiger partial charge is 0.352 e. The lowest BCUT2D eigenvalue weighted by Gasteiger charge is -2.59. The molecule has 0 aliphatic carbocycles. The monoisotopic (exact) mass is 324 g/mol. The van der Waals surface area contributed by atoms with Crippen LogP contribution in [0.1, 0.15) is 44.1 Å². The van der Waals surface area contributed by atoms with Crippen molar-refractivity contribution in [2.24, 2.45) is 5.41 Å². The van der Waals surface area contributed by atoms with Crippen LogP contribution in [-0.4, -0.2) is 41.1 Å². The maximum absolute atomic E-state index is 12.1. The highest BCUT2D eigenvalue weighted by Gasteiger charge is 2.59. The summed E-state index contributed by atoms with van der Waals surface area (Å²) in [6.45, 7) is 4.54. The van der Waals surface area contributed by atoms with Crippen LogP contribution in [0.5, 0.6) is 0 Å². The molecule has 5 rings (SSSR count). The summed E-state index contributed by atoms with van der Waals surface area (Å²) in [5, 5.41) is 9.96. The average molecular weight is 324 g/mol. The quantitative estimate of drug-likeness (QED) is 0.907. The number of benzene rings is 1. The Hall–Kier alpha value is -1.81. The van der Waals surface area contributed by atoms with Gasteiger partial charge in [0.1, 0.15) is 5.70 Å². The van der Waals surface area contributed by atoms with Crippen LogP contribution in [0.2, 0.25) is 0 Å². The van der Waals surface area contributed by atoms with E-state index in [0.29, 0.717) is 17.7 Å². The zero-order chi connectivity index (χ0) is 16.5. The van der Waals surface area contributed by atoms with E-state index in [9.17, 15) is 9.90 Å². The van der Waals surface area contributed by atoms with E-state index in [1.54, 1.807) is 0 Å². The molecule has 0 saturated carbocycles. The van der Waals surface area contributed by atoms with Gasteiger partial charge in [0.05, 0.1) is 6.04 Å². The zero-order valence-corrected chi connectivity index (χ0v) is 14.1. The molecule has 0 spiro atoms. The van der Waals surface area contributed by atoms with Gasteiger partial charge in [-0.15, -0.1) is 0 Å². The topological polar surface area (TPSA) is 43.8 Å². The van der Waals surface area contributed by atoms with Crippen molar-refractivity contribution < 1.29 is 9.90 Å². The molecule has 126 valence electrons. The van der Waals surface area contributed by atoms with Crippen molar-refractivity contribution >= 4 is 11.7 Å². The third-order valence-corrected chi connectivity index (χ3v) is 6.99. The molecule has 1 N–H and O–H groups in total. The Labute approximate surface area is 142 Å². The van der Waals surface area contributed by atoms with Gasteiger partial charge in [-0.25, -0.2) is 4.79 Å². The highest BCUT2D eigenvalue weighted by Crippen LogP contribution is 2.58. The molecule has 4 atom stereocenters. The highest BCUT2D eigenvalue weighted by atomic mass is 16.4. The van der Waals surface area contributed by atoms with Crippen molar-refractivity contribution in [2.45, 2.75) is 50.6 Å². The summed E-state index contributed by atoms with van der Waals surface area (Å²) < 4.78 is 0. The molecule has 2 fully saturated rings. The Morgan fingerprint density at radius 1 is 1.33 bits per heavy atom. The largest absolute Gasteiger partial charge is 0.477 e. The van der Waals surface area contributed by atoms with E-state index in [4.69, 9.17) is 0 Å². The van der Waals surface area contributed by atoms with Crippen molar-refractivity contribution in [1.82, 2.24) is 4.90 Å². The molecular formula is C20H24N2O2. The molecule has 4 unspecified atom stereocenters. The predicted octanol–water partition coefficient (Wildman–Crippen LogP) is 3.21. The first-order chi connectivity index (χ1) is 11.7. The minimum atomic E-state index is -0.778. The van der Waals surface area contributed by atoms with E-state index in [1.807, 2.05) is 6.07 Å². The number of carboxylic acid groups (broad SMARTS) is 1. The van der Waals surface area contributed by atoms with Gasteiger partial charge >= 0.3 is 5.97 Å². The Morgan fingerprint density at radius 2 is 2.17 bits per heavy atom. The van der Waals surface area contributed by atoms with Crippen LogP contribution in [0.4, 0.5) is 5.69 Å². The Kier molecular flexibility index (Phi) is 2.94. The molecule has 4 heteroatoms. The SMILES string of the molecule is CCC12C=C(C(=O)O)N3c4ccccc4C4CCN(CCC1)C2C43. The van der Waals surface area contributed by atoms with E-state index >= 15 is 0 Å². The van der Waals surface area contributed by atoms with Gasteiger partial charge in [0, 0.05) is 23.1 Å². The zero-order valence-electron chi connectivity index (χ0n) is 14.1.